The molecule has 0 spiro atoms. The maximum Gasteiger partial charge on any atom is 0.247 e. The van der Waals surface area contributed by atoms with E-state index in [1.165, 1.54) is 0 Å². The summed E-state index contributed by atoms with van der Waals surface area (Å²) in [4.78, 5) is 27.6. The van der Waals surface area contributed by atoms with Gasteiger partial charge in [-0.2, -0.15) is 0 Å². The predicted octanol–water partition coefficient (Wildman–Crippen LogP) is 1.17. The highest BCUT2D eigenvalue weighted by Crippen LogP contribution is 2.16. The van der Waals surface area contributed by atoms with Crippen LogP contribution < -0.4 is 10.6 Å². The number of nitrogens with one attached hydrogen (secondary N) is 2. The summed E-state index contributed by atoms with van der Waals surface area (Å²) in [5.74, 6) is -0.244. The number of rotatable bonds is 2. The van der Waals surface area contributed by atoms with Gasteiger partial charge in [0.25, 0.3) is 0 Å². The molecule has 2 aromatic heterocycles. The fourth-order valence-electron chi connectivity index (χ4n) is 2.39. The molecule has 1 atom stereocenters. The van der Waals surface area contributed by atoms with Crippen LogP contribution >= 0.6 is 0 Å². The molecule has 0 saturated carbocycles. The van der Waals surface area contributed by atoms with Crippen molar-refractivity contribution in [3.63, 3.8) is 0 Å². The molecule has 0 bridgehead atoms. The van der Waals surface area contributed by atoms with Crippen LogP contribution in [0.5, 0.6) is 0 Å². The van der Waals surface area contributed by atoms with E-state index in [4.69, 9.17) is 0 Å². The van der Waals surface area contributed by atoms with Crippen LogP contribution in [-0.2, 0) is 9.59 Å². The van der Waals surface area contributed by atoms with Crippen molar-refractivity contribution in [3.8, 4) is 0 Å². The Hall–Kier alpha value is -2.37. The first-order chi connectivity index (χ1) is 9.54. The van der Waals surface area contributed by atoms with Crippen molar-refractivity contribution in [1.82, 2.24) is 14.7 Å². The van der Waals surface area contributed by atoms with Gasteiger partial charge in [-0.1, -0.05) is 0 Å². The van der Waals surface area contributed by atoms with Crippen molar-refractivity contribution in [2.24, 2.45) is 0 Å². The normalized spacial score (nSPS) is 18.3. The minimum atomic E-state index is -0.427. The summed E-state index contributed by atoms with van der Waals surface area (Å²) >= 11 is 0. The van der Waals surface area contributed by atoms with Crippen LogP contribution in [0.4, 0.5) is 5.69 Å². The zero-order valence-electron chi connectivity index (χ0n) is 11.4. The zero-order valence-corrected chi connectivity index (χ0v) is 11.4. The molecule has 2 N–H and O–H groups in total. The molecule has 3 rings (SSSR count). The van der Waals surface area contributed by atoms with Crippen molar-refractivity contribution in [3.05, 3.63) is 29.7 Å². The lowest BCUT2D eigenvalue weighted by Gasteiger charge is -2.11. The van der Waals surface area contributed by atoms with E-state index in [-0.39, 0.29) is 11.8 Å². The van der Waals surface area contributed by atoms with Crippen molar-refractivity contribution < 1.29 is 9.59 Å². The van der Waals surface area contributed by atoms with Gasteiger partial charge in [0.15, 0.2) is 0 Å². The third kappa shape index (κ3) is 2.13. The number of carbonyl (C=O) groups excluding carboxylic acids is 2. The fraction of sp³-hybridized carbons (Fsp3) is 0.357. The molecule has 2 aromatic rings. The van der Waals surface area contributed by atoms with Crippen LogP contribution in [0.15, 0.2) is 18.3 Å². The van der Waals surface area contributed by atoms with Crippen molar-refractivity contribution in [1.29, 1.82) is 0 Å². The Morgan fingerprint density at radius 3 is 2.95 bits per heavy atom. The molecule has 6 nitrogen and oxygen atoms in total. The Balaban J connectivity index is 1.82. The number of anilines is 1. The number of nitrogens with zero attached hydrogens (tertiary/aromatic N) is 2. The molecule has 6 heteroatoms. The fourth-order valence-corrected chi connectivity index (χ4v) is 2.39. The van der Waals surface area contributed by atoms with E-state index in [9.17, 15) is 9.59 Å². The van der Waals surface area contributed by atoms with Gasteiger partial charge in [0.05, 0.1) is 11.4 Å². The molecule has 20 heavy (non-hydrogen) atoms. The molecule has 1 unspecified atom stereocenters. The smallest absolute Gasteiger partial charge is 0.247 e. The highest BCUT2D eigenvalue weighted by Gasteiger charge is 2.27. The van der Waals surface area contributed by atoms with E-state index >= 15 is 0 Å². The van der Waals surface area contributed by atoms with Crippen molar-refractivity contribution in [2.75, 3.05) is 5.32 Å². The van der Waals surface area contributed by atoms with Crippen LogP contribution in [0.25, 0.3) is 5.65 Å². The van der Waals surface area contributed by atoms with Gasteiger partial charge in [-0.05, 0) is 32.4 Å². The number of hydrogen-bond acceptors (Lipinski definition) is 3. The Kier molecular flexibility index (Phi) is 2.93. The lowest BCUT2D eigenvalue weighted by molar-refractivity contribution is -0.122. The van der Waals surface area contributed by atoms with E-state index in [0.29, 0.717) is 18.5 Å². The molecular weight excluding hydrogens is 256 g/mol. The highest BCUT2D eigenvalue weighted by atomic mass is 16.2. The lowest BCUT2D eigenvalue weighted by atomic mass is 10.2. The van der Waals surface area contributed by atoms with Crippen molar-refractivity contribution in [2.45, 2.75) is 32.7 Å². The van der Waals surface area contributed by atoms with Crippen molar-refractivity contribution >= 4 is 23.1 Å². The molecule has 1 aliphatic rings. The molecule has 0 aliphatic carbocycles. The maximum atomic E-state index is 12.0. The van der Waals surface area contributed by atoms with Gasteiger partial charge in [0, 0.05) is 18.3 Å². The molecule has 2 amide bonds. The summed E-state index contributed by atoms with van der Waals surface area (Å²) in [6.45, 7) is 3.94. The Bertz CT molecular complexity index is 705. The predicted molar refractivity (Wildman–Crippen MR) is 74.5 cm³/mol. The van der Waals surface area contributed by atoms with Gasteiger partial charge >= 0.3 is 0 Å². The van der Waals surface area contributed by atoms with E-state index in [1.54, 1.807) is 0 Å². The average molecular weight is 272 g/mol. The summed E-state index contributed by atoms with van der Waals surface area (Å²) in [6.07, 6.45) is 2.81. The van der Waals surface area contributed by atoms with Crippen LogP contribution in [-0.4, -0.2) is 27.2 Å². The third-order valence-electron chi connectivity index (χ3n) is 3.67. The van der Waals surface area contributed by atoms with Gasteiger partial charge in [-0.3, -0.25) is 9.59 Å². The Morgan fingerprint density at radius 1 is 1.45 bits per heavy atom. The quantitative estimate of drug-likeness (QED) is 0.861. The topological polar surface area (TPSA) is 75.5 Å². The average Bonchev–Trinajstić information content (AvgIpc) is 2.96. The first-order valence-corrected chi connectivity index (χ1v) is 6.60. The van der Waals surface area contributed by atoms with Gasteiger partial charge in [0.2, 0.25) is 11.8 Å². The standard InChI is InChI=1S/C14H16N4O2/c1-8-9(2)18-7-10(3-5-12(18)15-8)16-14(20)11-4-6-13(19)17-11/h3,5,7,11H,4,6H2,1-2H3,(H,16,20)(H,17,19). The second-order valence-corrected chi connectivity index (χ2v) is 5.08. The number of fused-ring (bicyclic) bond motifs is 1. The number of aromatic nitrogens is 2. The molecule has 3 heterocycles. The first kappa shape index (κ1) is 12.7. The number of amides is 2. The van der Waals surface area contributed by atoms with Crippen LogP contribution in [0.3, 0.4) is 0 Å². The number of imidazole rings is 1. The van der Waals surface area contributed by atoms with Crippen LogP contribution in [0, 0.1) is 13.8 Å². The lowest BCUT2D eigenvalue weighted by Crippen LogP contribution is -2.37. The Morgan fingerprint density at radius 2 is 2.25 bits per heavy atom. The molecule has 104 valence electrons. The minimum absolute atomic E-state index is 0.0679. The molecule has 1 fully saturated rings. The van der Waals surface area contributed by atoms with Gasteiger partial charge in [-0.25, -0.2) is 4.98 Å². The van der Waals surface area contributed by atoms with Gasteiger partial charge < -0.3 is 15.0 Å². The number of pyridine rings is 1. The van der Waals surface area contributed by atoms with E-state index in [0.717, 1.165) is 17.0 Å². The number of aryl methyl sites for hydroxylation is 2. The van der Waals surface area contributed by atoms with E-state index in [2.05, 4.69) is 15.6 Å². The Labute approximate surface area is 116 Å². The summed E-state index contributed by atoms with van der Waals surface area (Å²) in [7, 11) is 0. The van der Waals surface area contributed by atoms with E-state index in [1.807, 2.05) is 36.6 Å². The highest BCUT2D eigenvalue weighted by molar-refractivity contribution is 5.98. The second kappa shape index (κ2) is 4.63. The number of carbonyl (C=O) groups is 2. The summed E-state index contributed by atoms with van der Waals surface area (Å²) in [5.41, 5.74) is 3.57. The van der Waals surface area contributed by atoms with Crippen LogP contribution in [0.2, 0.25) is 0 Å². The largest absolute Gasteiger partial charge is 0.344 e. The summed E-state index contributed by atoms with van der Waals surface area (Å²) in [5, 5.41) is 5.49. The first-order valence-electron chi connectivity index (χ1n) is 6.60. The van der Waals surface area contributed by atoms with Crippen LogP contribution in [0.1, 0.15) is 24.2 Å². The molecule has 1 aliphatic heterocycles. The molecular formula is C14H16N4O2. The SMILES string of the molecule is Cc1nc2ccc(NC(=O)C3CCC(=O)N3)cn2c1C. The molecule has 0 radical (unpaired) electrons. The molecule has 1 saturated heterocycles. The summed E-state index contributed by atoms with van der Waals surface area (Å²) < 4.78 is 1.94. The van der Waals surface area contributed by atoms with E-state index < -0.39 is 6.04 Å². The number of hydrogen-bond donors (Lipinski definition) is 2. The van der Waals surface area contributed by atoms with Gasteiger partial charge in [-0.15, -0.1) is 0 Å². The second-order valence-electron chi connectivity index (χ2n) is 5.08. The maximum absolute atomic E-state index is 12.0. The molecule has 0 aromatic carbocycles. The minimum Gasteiger partial charge on any atom is -0.344 e. The zero-order chi connectivity index (χ0) is 14.3. The van der Waals surface area contributed by atoms with Gasteiger partial charge in [0.1, 0.15) is 11.7 Å². The third-order valence-corrected chi connectivity index (χ3v) is 3.67. The monoisotopic (exact) mass is 272 g/mol. The summed E-state index contributed by atoms with van der Waals surface area (Å²) in [6, 6.07) is 3.25.